The Bertz CT molecular complexity index is 751. The Morgan fingerprint density at radius 2 is 1.68 bits per heavy atom. The number of para-hydroxylation sites is 2. The summed E-state index contributed by atoms with van der Waals surface area (Å²) in [6.07, 6.45) is 3.45. The van der Waals surface area contributed by atoms with Gasteiger partial charge in [0.15, 0.2) is 0 Å². The highest BCUT2D eigenvalue weighted by Crippen LogP contribution is 2.39. The highest BCUT2D eigenvalue weighted by atomic mass is 16.5. The summed E-state index contributed by atoms with van der Waals surface area (Å²) in [6, 6.07) is 6.80. The Kier molecular flexibility index (Phi) is 5.35. The van der Waals surface area contributed by atoms with Crippen molar-refractivity contribution in [3.63, 3.8) is 0 Å². The van der Waals surface area contributed by atoms with Gasteiger partial charge in [0.1, 0.15) is 6.04 Å². The second kappa shape index (κ2) is 7.91. The zero-order chi connectivity index (χ0) is 19.7. The van der Waals surface area contributed by atoms with E-state index in [1.165, 1.54) is 4.90 Å². The number of hydrogen-bond acceptors (Lipinski definition) is 5. The van der Waals surface area contributed by atoms with Crippen LogP contribution in [0.3, 0.4) is 0 Å². The SMILES string of the molecule is C[C@@H](C(=O)Nc1ccccc1N1CCOCC1)N1C(=O)[C@H]2CCCC[C@@H]2C1=O. The van der Waals surface area contributed by atoms with Gasteiger partial charge in [-0.3, -0.25) is 19.3 Å². The van der Waals surface area contributed by atoms with Gasteiger partial charge in [0.2, 0.25) is 17.7 Å². The molecule has 0 radical (unpaired) electrons. The van der Waals surface area contributed by atoms with Crippen LogP contribution in [0.1, 0.15) is 32.6 Å². The lowest BCUT2D eigenvalue weighted by Gasteiger charge is -2.31. The molecule has 0 aromatic heterocycles. The first-order valence-corrected chi connectivity index (χ1v) is 10.2. The largest absolute Gasteiger partial charge is 0.378 e. The minimum absolute atomic E-state index is 0.182. The molecule has 3 aliphatic rings. The van der Waals surface area contributed by atoms with E-state index >= 15 is 0 Å². The number of nitrogens with zero attached hydrogens (tertiary/aromatic N) is 2. The number of morpholine rings is 1. The van der Waals surface area contributed by atoms with E-state index in [-0.39, 0.29) is 29.6 Å². The van der Waals surface area contributed by atoms with E-state index in [0.717, 1.165) is 44.5 Å². The van der Waals surface area contributed by atoms with Gasteiger partial charge in [-0.2, -0.15) is 0 Å². The number of carbonyl (C=O) groups is 3. The molecular weight excluding hydrogens is 358 g/mol. The normalized spacial score (nSPS) is 26.2. The van der Waals surface area contributed by atoms with Crippen LogP contribution >= 0.6 is 0 Å². The Labute approximate surface area is 165 Å². The van der Waals surface area contributed by atoms with Crippen molar-refractivity contribution in [3.8, 4) is 0 Å². The molecule has 3 amide bonds. The fourth-order valence-corrected chi connectivity index (χ4v) is 4.58. The quantitative estimate of drug-likeness (QED) is 0.803. The minimum Gasteiger partial charge on any atom is -0.378 e. The van der Waals surface area contributed by atoms with Gasteiger partial charge in [-0.15, -0.1) is 0 Å². The van der Waals surface area contributed by atoms with E-state index in [9.17, 15) is 14.4 Å². The molecule has 3 atom stereocenters. The van der Waals surface area contributed by atoms with Crippen LogP contribution in [0.5, 0.6) is 0 Å². The predicted octanol–water partition coefficient (Wildman–Crippen LogP) is 2.03. The molecule has 1 aromatic rings. The fourth-order valence-electron chi connectivity index (χ4n) is 4.58. The zero-order valence-electron chi connectivity index (χ0n) is 16.2. The first-order chi connectivity index (χ1) is 13.6. The molecule has 0 spiro atoms. The van der Waals surface area contributed by atoms with Crippen molar-refractivity contribution in [2.24, 2.45) is 11.8 Å². The number of likely N-dealkylation sites (tertiary alicyclic amines) is 1. The van der Waals surface area contributed by atoms with Crippen LogP contribution in [-0.4, -0.2) is 55.0 Å². The van der Waals surface area contributed by atoms with Gasteiger partial charge in [-0.25, -0.2) is 0 Å². The molecule has 1 saturated carbocycles. The molecule has 2 saturated heterocycles. The molecule has 2 aliphatic heterocycles. The lowest BCUT2D eigenvalue weighted by atomic mass is 9.81. The summed E-state index contributed by atoms with van der Waals surface area (Å²) in [5.74, 6) is -1.17. The van der Waals surface area contributed by atoms with E-state index in [0.29, 0.717) is 18.9 Å². The molecule has 150 valence electrons. The average molecular weight is 385 g/mol. The summed E-state index contributed by atoms with van der Waals surface area (Å²) >= 11 is 0. The molecule has 28 heavy (non-hydrogen) atoms. The molecule has 7 nitrogen and oxygen atoms in total. The Balaban J connectivity index is 1.50. The molecule has 0 bridgehead atoms. The van der Waals surface area contributed by atoms with Crippen LogP contribution in [-0.2, 0) is 19.1 Å². The molecular formula is C21H27N3O4. The molecule has 0 unspecified atom stereocenters. The van der Waals surface area contributed by atoms with Crippen molar-refractivity contribution in [2.45, 2.75) is 38.6 Å². The van der Waals surface area contributed by atoms with Gasteiger partial charge < -0.3 is 15.0 Å². The fraction of sp³-hybridized carbons (Fsp3) is 0.571. The number of imide groups is 1. The number of fused-ring (bicyclic) bond motifs is 1. The molecule has 3 fully saturated rings. The Morgan fingerprint density at radius 3 is 2.32 bits per heavy atom. The van der Waals surface area contributed by atoms with E-state index in [4.69, 9.17) is 4.74 Å². The number of amides is 3. The lowest BCUT2D eigenvalue weighted by molar-refractivity contribution is -0.146. The standard InChI is InChI=1S/C21H27N3O4/c1-14(24-20(26)15-6-2-3-7-16(15)21(24)27)19(25)22-17-8-4-5-9-18(17)23-10-12-28-13-11-23/h4-5,8-9,14-16H,2-3,6-7,10-13H2,1H3,(H,22,25)/t14-,15-,16-/m0/s1. The van der Waals surface area contributed by atoms with Gasteiger partial charge in [0, 0.05) is 13.1 Å². The average Bonchev–Trinajstić information content (AvgIpc) is 2.99. The maximum atomic E-state index is 12.9. The number of anilines is 2. The molecule has 7 heteroatoms. The number of ether oxygens (including phenoxy) is 1. The first kappa shape index (κ1) is 18.9. The van der Waals surface area contributed by atoms with Crippen LogP contribution < -0.4 is 10.2 Å². The van der Waals surface area contributed by atoms with Crippen LogP contribution in [0, 0.1) is 11.8 Å². The Morgan fingerprint density at radius 1 is 1.07 bits per heavy atom. The van der Waals surface area contributed by atoms with Crippen molar-refractivity contribution in [3.05, 3.63) is 24.3 Å². The number of nitrogens with one attached hydrogen (secondary N) is 1. The summed E-state index contributed by atoms with van der Waals surface area (Å²) in [7, 11) is 0. The van der Waals surface area contributed by atoms with E-state index in [2.05, 4.69) is 10.2 Å². The molecule has 4 rings (SSSR count). The molecule has 1 N–H and O–H groups in total. The predicted molar refractivity (Wildman–Crippen MR) is 105 cm³/mol. The minimum atomic E-state index is -0.816. The first-order valence-electron chi connectivity index (χ1n) is 10.2. The maximum absolute atomic E-state index is 12.9. The number of rotatable bonds is 4. The molecule has 1 aromatic carbocycles. The Hall–Kier alpha value is -2.41. The van der Waals surface area contributed by atoms with E-state index < -0.39 is 6.04 Å². The summed E-state index contributed by atoms with van der Waals surface area (Å²) in [5, 5.41) is 2.94. The van der Waals surface area contributed by atoms with Gasteiger partial charge in [-0.05, 0) is 31.9 Å². The highest BCUT2D eigenvalue weighted by molar-refractivity contribution is 6.10. The van der Waals surface area contributed by atoms with Crippen LogP contribution in [0.15, 0.2) is 24.3 Å². The summed E-state index contributed by atoms with van der Waals surface area (Å²) < 4.78 is 5.41. The van der Waals surface area contributed by atoms with Crippen LogP contribution in [0.4, 0.5) is 11.4 Å². The van der Waals surface area contributed by atoms with E-state index in [1.54, 1.807) is 6.92 Å². The van der Waals surface area contributed by atoms with Gasteiger partial charge in [0.25, 0.3) is 0 Å². The monoisotopic (exact) mass is 385 g/mol. The third-order valence-electron chi connectivity index (χ3n) is 6.16. The highest BCUT2D eigenvalue weighted by Gasteiger charge is 2.50. The molecule has 2 heterocycles. The van der Waals surface area contributed by atoms with Crippen molar-refractivity contribution in [1.29, 1.82) is 0 Å². The maximum Gasteiger partial charge on any atom is 0.247 e. The smallest absolute Gasteiger partial charge is 0.247 e. The van der Waals surface area contributed by atoms with Crippen LogP contribution in [0.2, 0.25) is 0 Å². The van der Waals surface area contributed by atoms with Crippen molar-refractivity contribution < 1.29 is 19.1 Å². The topological polar surface area (TPSA) is 79.0 Å². The van der Waals surface area contributed by atoms with Crippen molar-refractivity contribution in [2.75, 3.05) is 36.5 Å². The second-order valence-corrected chi connectivity index (χ2v) is 7.83. The summed E-state index contributed by atoms with van der Waals surface area (Å²) in [5.41, 5.74) is 1.62. The summed E-state index contributed by atoms with van der Waals surface area (Å²) in [4.78, 5) is 41.8. The third kappa shape index (κ3) is 3.39. The van der Waals surface area contributed by atoms with Crippen LogP contribution in [0.25, 0.3) is 0 Å². The second-order valence-electron chi connectivity index (χ2n) is 7.83. The van der Waals surface area contributed by atoms with Gasteiger partial charge in [-0.1, -0.05) is 25.0 Å². The molecule has 1 aliphatic carbocycles. The number of hydrogen-bond donors (Lipinski definition) is 1. The summed E-state index contributed by atoms with van der Waals surface area (Å²) in [6.45, 7) is 4.46. The number of benzene rings is 1. The lowest BCUT2D eigenvalue weighted by Crippen LogP contribution is -2.46. The zero-order valence-corrected chi connectivity index (χ0v) is 16.2. The van der Waals surface area contributed by atoms with E-state index in [1.807, 2.05) is 24.3 Å². The number of carbonyl (C=O) groups excluding carboxylic acids is 3. The third-order valence-corrected chi connectivity index (χ3v) is 6.16. The van der Waals surface area contributed by atoms with Gasteiger partial charge in [0.05, 0.1) is 36.4 Å². The van der Waals surface area contributed by atoms with Crippen molar-refractivity contribution in [1.82, 2.24) is 4.90 Å². The van der Waals surface area contributed by atoms with Crippen molar-refractivity contribution >= 4 is 29.1 Å². The van der Waals surface area contributed by atoms with Gasteiger partial charge >= 0.3 is 0 Å².